The van der Waals surface area contributed by atoms with Gasteiger partial charge in [-0.25, -0.2) is 4.79 Å². The average molecular weight is 214 g/mol. The molecule has 0 aromatic carbocycles. The van der Waals surface area contributed by atoms with Gasteiger partial charge in [0.25, 0.3) is 0 Å². The molecule has 2 fully saturated rings. The van der Waals surface area contributed by atoms with Gasteiger partial charge in [-0.1, -0.05) is 0 Å². The maximum Gasteiger partial charge on any atom is 0.335 e. The third-order valence-corrected chi connectivity index (χ3v) is 3.77. The number of aliphatic hydroxyl groups excluding tert-OH is 1. The number of methoxy groups -OCH3 is 1. The highest BCUT2D eigenvalue weighted by Gasteiger charge is 2.57. The number of hydrogen-bond acceptors (Lipinski definition) is 4. The fourth-order valence-electron chi connectivity index (χ4n) is 2.59. The third-order valence-electron chi connectivity index (χ3n) is 3.77. The highest BCUT2D eigenvalue weighted by molar-refractivity contribution is 5.76. The molecular formula is C11H18O4. The van der Waals surface area contributed by atoms with E-state index in [9.17, 15) is 9.90 Å². The molecule has 1 saturated heterocycles. The molecule has 0 radical (unpaired) electrons. The number of aliphatic hydroxyl groups is 1. The lowest BCUT2D eigenvalue weighted by molar-refractivity contribution is -0.157. The van der Waals surface area contributed by atoms with Crippen LogP contribution in [0.1, 0.15) is 25.7 Å². The highest BCUT2D eigenvalue weighted by atomic mass is 16.5. The number of carbonyl (C=O) groups excluding carboxylic acids is 1. The van der Waals surface area contributed by atoms with Crippen molar-refractivity contribution >= 4 is 5.97 Å². The van der Waals surface area contributed by atoms with Crippen molar-refractivity contribution in [3.05, 3.63) is 0 Å². The van der Waals surface area contributed by atoms with Gasteiger partial charge in [0.1, 0.15) is 0 Å². The zero-order valence-corrected chi connectivity index (χ0v) is 9.07. The summed E-state index contributed by atoms with van der Waals surface area (Å²) < 4.78 is 10.0. The predicted octanol–water partition coefficient (Wildman–Crippen LogP) is 0.727. The van der Waals surface area contributed by atoms with Crippen molar-refractivity contribution in [3.8, 4) is 0 Å². The van der Waals surface area contributed by atoms with Crippen LogP contribution >= 0.6 is 0 Å². The second kappa shape index (κ2) is 4.10. The third kappa shape index (κ3) is 1.88. The molecule has 0 aromatic heterocycles. The maximum absolute atomic E-state index is 11.3. The second-order valence-corrected chi connectivity index (χ2v) is 4.57. The van der Waals surface area contributed by atoms with Gasteiger partial charge in [0, 0.05) is 12.0 Å². The van der Waals surface area contributed by atoms with Gasteiger partial charge < -0.3 is 14.6 Å². The summed E-state index contributed by atoms with van der Waals surface area (Å²) in [6.45, 7) is 1.48. The summed E-state index contributed by atoms with van der Waals surface area (Å²) in [4.78, 5) is 11.3. The first-order chi connectivity index (χ1) is 7.20. The molecular weight excluding hydrogens is 196 g/mol. The Balaban J connectivity index is 2.02. The molecule has 4 heteroatoms. The molecule has 2 atom stereocenters. The van der Waals surface area contributed by atoms with Gasteiger partial charge >= 0.3 is 5.97 Å². The van der Waals surface area contributed by atoms with Crippen molar-refractivity contribution in [2.45, 2.75) is 31.8 Å². The molecule has 4 nitrogen and oxygen atoms in total. The Bertz CT molecular complexity index is 241. The average Bonchev–Trinajstić information content (AvgIpc) is 3.09. The van der Waals surface area contributed by atoms with E-state index in [1.54, 1.807) is 0 Å². The van der Waals surface area contributed by atoms with Crippen molar-refractivity contribution in [2.75, 3.05) is 20.3 Å². The van der Waals surface area contributed by atoms with E-state index in [1.807, 2.05) is 0 Å². The molecule has 2 aliphatic rings. The van der Waals surface area contributed by atoms with Crippen molar-refractivity contribution in [3.63, 3.8) is 0 Å². The Hall–Kier alpha value is -0.610. The standard InChI is InChI=1S/C11H18O4/c1-14-10(13)9(12)11(4-5-11)8-3-2-6-15-7-8/h8-9,12H,2-7H2,1H3. The van der Waals surface area contributed by atoms with Gasteiger partial charge in [-0.2, -0.15) is 0 Å². The molecule has 1 aliphatic heterocycles. The Morgan fingerprint density at radius 3 is 2.80 bits per heavy atom. The molecule has 0 amide bonds. The molecule has 1 heterocycles. The number of ether oxygens (including phenoxy) is 2. The van der Waals surface area contributed by atoms with Crippen molar-refractivity contribution in [2.24, 2.45) is 11.3 Å². The van der Waals surface area contributed by atoms with E-state index in [4.69, 9.17) is 4.74 Å². The topological polar surface area (TPSA) is 55.8 Å². The van der Waals surface area contributed by atoms with E-state index < -0.39 is 12.1 Å². The summed E-state index contributed by atoms with van der Waals surface area (Å²) in [7, 11) is 1.32. The van der Waals surface area contributed by atoms with Gasteiger partial charge in [0.05, 0.1) is 13.7 Å². The molecule has 0 aromatic rings. The van der Waals surface area contributed by atoms with Crippen LogP contribution in [0.25, 0.3) is 0 Å². The van der Waals surface area contributed by atoms with Gasteiger partial charge in [0.2, 0.25) is 0 Å². The van der Waals surface area contributed by atoms with Crippen LogP contribution in [-0.4, -0.2) is 37.5 Å². The molecule has 1 N–H and O–H groups in total. The van der Waals surface area contributed by atoms with Crippen LogP contribution in [0.2, 0.25) is 0 Å². The molecule has 0 spiro atoms. The molecule has 1 saturated carbocycles. The van der Waals surface area contributed by atoms with E-state index >= 15 is 0 Å². The van der Waals surface area contributed by atoms with Crippen LogP contribution in [0.15, 0.2) is 0 Å². The summed E-state index contributed by atoms with van der Waals surface area (Å²) in [6.07, 6.45) is 2.94. The Labute approximate surface area is 89.6 Å². The van der Waals surface area contributed by atoms with E-state index in [0.29, 0.717) is 12.5 Å². The Kier molecular flexibility index (Phi) is 2.98. The molecule has 2 rings (SSSR count). The number of esters is 1. The second-order valence-electron chi connectivity index (χ2n) is 4.57. The van der Waals surface area contributed by atoms with Crippen molar-refractivity contribution in [1.82, 2.24) is 0 Å². The monoisotopic (exact) mass is 214 g/mol. The van der Waals surface area contributed by atoms with Gasteiger partial charge in [-0.05, 0) is 31.6 Å². The van der Waals surface area contributed by atoms with Gasteiger partial charge in [-0.15, -0.1) is 0 Å². The fraction of sp³-hybridized carbons (Fsp3) is 0.909. The molecule has 2 unspecified atom stereocenters. The van der Waals surface area contributed by atoms with E-state index in [0.717, 1.165) is 32.3 Å². The first-order valence-electron chi connectivity index (χ1n) is 5.54. The van der Waals surface area contributed by atoms with Crippen LogP contribution in [0.5, 0.6) is 0 Å². The number of rotatable bonds is 3. The predicted molar refractivity (Wildman–Crippen MR) is 53.2 cm³/mol. The minimum atomic E-state index is -0.964. The lowest BCUT2D eigenvalue weighted by Crippen LogP contribution is -2.40. The van der Waals surface area contributed by atoms with Crippen LogP contribution in [0, 0.1) is 11.3 Å². The Morgan fingerprint density at radius 2 is 2.33 bits per heavy atom. The summed E-state index contributed by atoms with van der Waals surface area (Å²) in [5.41, 5.74) is -0.243. The fourth-order valence-corrected chi connectivity index (χ4v) is 2.59. The summed E-state index contributed by atoms with van der Waals surface area (Å²) >= 11 is 0. The zero-order chi connectivity index (χ0) is 10.9. The molecule has 1 aliphatic carbocycles. The zero-order valence-electron chi connectivity index (χ0n) is 9.07. The lowest BCUT2D eigenvalue weighted by Gasteiger charge is -2.32. The van der Waals surface area contributed by atoms with Crippen LogP contribution in [0.3, 0.4) is 0 Å². The smallest absolute Gasteiger partial charge is 0.335 e. The van der Waals surface area contributed by atoms with Crippen molar-refractivity contribution < 1.29 is 19.4 Å². The number of hydrogen-bond donors (Lipinski definition) is 1. The first kappa shape index (κ1) is 10.9. The first-order valence-corrected chi connectivity index (χ1v) is 5.54. The van der Waals surface area contributed by atoms with E-state index in [1.165, 1.54) is 7.11 Å². The summed E-state index contributed by atoms with van der Waals surface area (Å²) in [6, 6.07) is 0. The van der Waals surface area contributed by atoms with E-state index in [2.05, 4.69) is 4.74 Å². The highest BCUT2D eigenvalue weighted by Crippen LogP contribution is 2.57. The van der Waals surface area contributed by atoms with Gasteiger partial charge in [-0.3, -0.25) is 0 Å². The number of carbonyl (C=O) groups is 1. The molecule has 15 heavy (non-hydrogen) atoms. The minimum Gasteiger partial charge on any atom is -0.467 e. The lowest BCUT2D eigenvalue weighted by atomic mass is 9.80. The van der Waals surface area contributed by atoms with Crippen molar-refractivity contribution in [1.29, 1.82) is 0 Å². The largest absolute Gasteiger partial charge is 0.467 e. The summed E-state index contributed by atoms with van der Waals surface area (Å²) in [5.74, 6) is -0.182. The minimum absolute atomic E-state index is 0.243. The quantitative estimate of drug-likeness (QED) is 0.704. The van der Waals surface area contributed by atoms with Crippen LogP contribution < -0.4 is 0 Å². The van der Waals surface area contributed by atoms with E-state index in [-0.39, 0.29) is 5.41 Å². The van der Waals surface area contributed by atoms with Crippen LogP contribution in [0.4, 0.5) is 0 Å². The molecule has 86 valence electrons. The Morgan fingerprint density at radius 1 is 1.60 bits per heavy atom. The maximum atomic E-state index is 11.3. The SMILES string of the molecule is COC(=O)C(O)C1(C2CCCOC2)CC1. The summed E-state index contributed by atoms with van der Waals surface area (Å²) in [5, 5.41) is 9.93. The van der Waals surface area contributed by atoms with Gasteiger partial charge in [0.15, 0.2) is 6.10 Å². The van der Waals surface area contributed by atoms with Crippen LogP contribution in [-0.2, 0) is 14.3 Å². The normalized spacial score (nSPS) is 30.7. The molecule has 0 bridgehead atoms.